The Hall–Kier alpha value is -1.24. The van der Waals surface area contributed by atoms with Gasteiger partial charge in [-0.3, -0.25) is 0 Å². The van der Waals surface area contributed by atoms with Crippen LogP contribution in [0.15, 0.2) is 16.8 Å². The molecule has 1 saturated heterocycles. The fourth-order valence-electron chi connectivity index (χ4n) is 1.44. The van der Waals surface area contributed by atoms with Crippen molar-refractivity contribution in [1.82, 2.24) is 10.6 Å². The van der Waals surface area contributed by atoms with Crippen LogP contribution in [0.4, 0.5) is 13.2 Å². The van der Waals surface area contributed by atoms with Crippen molar-refractivity contribution in [2.45, 2.75) is 12.2 Å². The molecular weight excluding hydrogens is 211 g/mol. The van der Waals surface area contributed by atoms with E-state index in [2.05, 4.69) is 20.4 Å². The van der Waals surface area contributed by atoms with Gasteiger partial charge in [0.1, 0.15) is 0 Å². The van der Waals surface area contributed by atoms with Gasteiger partial charge >= 0.3 is 6.18 Å². The lowest BCUT2D eigenvalue weighted by molar-refractivity contribution is -0.156. The van der Waals surface area contributed by atoms with E-state index in [0.717, 1.165) is 5.57 Å². The summed E-state index contributed by atoms with van der Waals surface area (Å²) < 4.78 is 40.0. The molecule has 0 saturated carbocycles. The minimum absolute atomic E-state index is 0.0650. The third-order valence-corrected chi connectivity index (χ3v) is 2.12. The van der Waals surface area contributed by atoms with E-state index in [9.17, 15) is 13.2 Å². The van der Waals surface area contributed by atoms with Gasteiger partial charge in [-0.25, -0.2) is 4.99 Å². The first-order chi connectivity index (χ1) is 7.04. The molecule has 1 atom stereocenters. The molecule has 0 spiro atoms. The van der Waals surface area contributed by atoms with Crippen LogP contribution >= 0.6 is 0 Å². The van der Waals surface area contributed by atoms with Crippen molar-refractivity contribution < 1.29 is 17.9 Å². The molecule has 15 heavy (non-hydrogen) atoms. The van der Waals surface area contributed by atoms with Crippen LogP contribution in [0, 0.1) is 0 Å². The van der Waals surface area contributed by atoms with Gasteiger partial charge in [0.25, 0.3) is 6.02 Å². The Morgan fingerprint density at radius 1 is 1.53 bits per heavy atom. The van der Waals surface area contributed by atoms with Gasteiger partial charge in [0, 0.05) is 19.3 Å². The first-order valence-corrected chi connectivity index (χ1v) is 4.48. The normalized spacial score (nSPS) is 25.1. The molecule has 0 aromatic carbocycles. The lowest BCUT2D eigenvalue weighted by Crippen LogP contribution is -2.32. The number of nitrogens with zero attached hydrogens (tertiary/aromatic N) is 1. The highest BCUT2D eigenvalue weighted by atomic mass is 19.4. The average Bonchev–Trinajstić information content (AvgIpc) is 2.60. The number of ether oxygens (including phenoxy) is 1. The minimum Gasteiger partial charge on any atom is -0.455 e. The summed E-state index contributed by atoms with van der Waals surface area (Å²) in [5, 5.41) is 5.65. The molecule has 0 aliphatic carbocycles. The van der Waals surface area contributed by atoms with E-state index in [1.54, 1.807) is 6.20 Å². The lowest BCUT2D eigenvalue weighted by atomic mass is 10.2. The zero-order valence-electron chi connectivity index (χ0n) is 7.77. The molecule has 7 heteroatoms. The number of hydrogen-bond acceptors (Lipinski definition) is 4. The van der Waals surface area contributed by atoms with Crippen molar-refractivity contribution in [3.05, 3.63) is 11.8 Å². The van der Waals surface area contributed by atoms with E-state index in [-0.39, 0.29) is 12.1 Å². The fourth-order valence-corrected chi connectivity index (χ4v) is 1.44. The van der Waals surface area contributed by atoms with Gasteiger partial charge in [-0.05, 0) is 5.57 Å². The van der Waals surface area contributed by atoms with Gasteiger partial charge in [-0.2, -0.15) is 13.2 Å². The van der Waals surface area contributed by atoms with E-state index >= 15 is 0 Å². The van der Waals surface area contributed by atoms with Crippen molar-refractivity contribution in [3.8, 4) is 0 Å². The average molecular weight is 221 g/mol. The molecule has 0 amide bonds. The Labute approximate surface area is 84.2 Å². The lowest BCUT2D eigenvalue weighted by Gasteiger charge is -2.17. The van der Waals surface area contributed by atoms with Crippen LogP contribution in [0.1, 0.15) is 0 Å². The standard InChI is InChI=1S/C8H10F3N3O/c9-8(10,11)4-15-7-13-2-5-1-12-3-6(5)14-7/h2,6,12H,1,3-4H2,(H,13,14). The van der Waals surface area contributed by atoms with Crippen molar-refractivity contribution in [3.63, 3.8) is 0 Å². The molecule has 84 valence electrons. The quantitative estimate of drug-likeness (QED) is 0.673. The molecular formula is C8H10F3N3O. The smallest absolute Gasteiger partial charge is 0.422 e. The molecule has 4 nitrogen and oxygen atoms in total. The highest BCUT2D eigenvalue weighted by molar-refractivity contribution is 5.76. The van der Waals surface area contributed by atoms with Crippen LogP contribution in [-0.4, -0.2) is 37.9 Å². The first-order valence-electron chi connectivity index (χ1n) is 4.48. The Bertz CT molecular complexity index is 311. The Morgan fingerprint density at radius 2 is 2.33 bits per heavy atom. The van der Waals surface area contributed by atoms with Crippen LogP contribution in [0.2, 0.25) is 0 Å². The van der Waals surface area contributed by atoms with E-state index in [1.807, 2.05) is 0 Å². The molecule has 2 aliphatic rings. The van der Waals surface area contributed by atoms with E-state index in [4.69, 9.17) is 0 Å². The summed E-state index contributed by atoms with van der Waals surface area (Å²) in [5.74, 6) is 0. The second kappa shape index (κ2) is 3.73. The molecule has 0 bridgehead atoms. The molecule has 0 radical (unpaired) electrons. The third kappa shape index (κ3) is 2.62. The van der Waals surface area contributed by atoms with Gasteiger partial charge in [0.2, 0.25) is 0 Å². The van der Waals surface area contributed by atoms with E-state index in [1.165, 1.54) is 0 Å². The molecule has 2 aliphatic heterocycles. The number of fused-ring (bicyclic) bond motifs is 1. The second-order valence-electron chi connectivity index (χ2n) is 3.35. The largest absolute Gasteiger partial charge is 0.455 e. The number of alkyl halides is 3. The third-order valence-electron chi connectivity index (χ3n) is 2.12. The van der Waals surface area contributed by atoms with Gasteiger partial charge in [-0.15, -0.1) is 0 Å². The van der Waals surface area contributed by atoms with Gasteiger partial charge in [0.15, 0.2) is 6.61 Å². The van der Waals surface area contributed by atoms with Gasteiger partial charge in [-0.1, -0.05) is 0 Å². The summed E-state index contributed by atoms with van der Waals surface area (Å²) in [5.41, 5.74) is 1.04. The predicted octanol–water partition coefficient (Wildman–Crippen LogP) is 0.380. The monoisotopic (exact) mass is 221 g/mol. The number of halogens is 3. The maximum atomic E-state index is 11.8. The number of nitrogens with one attached hydrogen (secondary N) is 2. The summed E-state index contributed by atoms with van der Waals surface area (Å²) in [7, 11) is 0. The van der Waals surface area contributed by atoms with Gasteiger partial charge in [0.05, 0.1) is 6.04 Å². The SMILES string of the molecule is FC(F)(F)COC1=NC2CNCC2=CN1. The van der Waals surface area contributed by atoms with Crippen LogP contribution < -0.4 is 10.6 Å². The van der Waals surface area contributed by atoms with Crippen LogP contribution in [0.25, 0.3) is 0 Å². The van der Waals surface area contributed by atoms with Crippen molar-refractivity contribution in [2.24, 2.45) is 4.99 Å². The maximum Gasteiger partial charge on any atom is 0.422 e. The summed E-state index contributed by atoms with van der Waals surface area (Å²) in [6.07, 6.45) is -2.69. The predicted molar refractivity (Wildman–Crippen MR) is 47.3 cm³/mol. The summed E-state index contributed by atoms with van der Waals surface area (Å²) >= 11 is 0. The topological polar surface area (TPSA) is 45.6 Å². The molecule has 2 heterocycles. The fraction of sp³-hybridized carbons (Fsp3) is 0.625. The number of aliphatic imine (C=N–C) groups is 1. The van der Waals surface area contributed by atoms with Crippen LogP contribution in [-0.2, 0) is 4.74 Å². The van der Waals surface area contributed by atoms with Crippen molar-refractivity contribution in [1.29, 1.82) is 0 Å². The minimum atomic E-state index is -4.33. The van der Waals surface area contributed by atoms with Crippen LogP contribution in [0.3, 0.4) is 0 Å². The highest BCUT2D eigenvalue weighted by Gasteiger charge is 2.30. The Kier molecular flexibility index (Phi) is 2.56. The summed E-state index contributed by atoms with van der Waals surface area (Å²) in [4.78, 5) is 4.00. The van der Waals surface area contributed by atoms with E-state index < -0.39 is 12.8 Å². The first kappa shape index (κ1) is 10.3. The summed E-state index contributed by atoms with van der Waals surface area (Å²) in [6, 6.07) is -0.153. The molecule has 2 N–H and O–H groups in total. The molecule has 0 aromatic rings. The van der Waals surface area contributed by atoms with Crippen molar-refractivity contribution in [2.75, 3.05) is 19.7 Å². The van der Waals surface area contributed by atoms with E-state index in [0.29, 0.717) is 13.1 Å². The van der Waals surface area contributed by atoms with Gasteiger partial charge < -0.3 is 15.4 Å². The number of hydrogen-bond donors (Lipinski definition) is 2. The molecule has 2 rings (SSSR count). The molecule has 1 unspecified atom stereocenters. The highest BCUT2D eigenvalue weighted by Crippen LogP contribution is 2.17. The van der Waals surface area contributed by atoms with Crippen LogP contribution in [0.5, 0.6) is 0 Å². The summed E-state index contributed by atoms with van der Waals surface area (Å²) in [6.45, 7) is 0.0439. The number of rotatable bonds is 1. The Balaban J connectivity index is 1.90. The molecule has 1 fully saturated rings. The zero-order valence-corrected chi connectivity index (χ0v) is 7.77. The maximum absolute atomic E-state index is 11.8. The molecule has 0 aromatic heterocycles. The number of amidine groups is 1. The second-order valence-corrected chi connectivity index (χ2v) is 3.35. The Morgan fingerprint density at radius 3 is 3.07 bits per heavy atom. The van der Waals surface area contributed by atoms with Crippen molar-refractivity contribution >= 4 is 6.02 Å². The zero-order chi connectivity index (χ0) is 10.9.